The predicted molar refractivity (Wildman–Crippen MR) is 90.6 cm³/mol. The average molecular weight is 377 g/mol. The highest BCUT2D eigenvalue weighted by Crippen LogP contribution is 2.33. The monoisotopic (exact) mass is 375 g/mol. The van der Waals surface area contributed by atoms with E-state index in [1.165, 1.54) is 14.2 Å². The highest BCUT2D eigenvalue weighted by Gasteiger charge is 2.15. The molecule has 1 nitrogen and oxygen atoms in total. The van der Waals surface area contributed by atoms with Gasteiger partial charge in [0, 0.05) is 25.0 Å². The minimum Gasteiger partial charge on any atom is -0.309 e. The first-order valence-corrected chi connectivity index (χ1v) is 9.09. The Morgan fingerprint density at radius 1 is 1.32 bits per heavy atom. The fourth-order valence-corrected chi connectivity index (χ4v) is 4.67. The zero-order valence-corrected chi connectivity index (χ0v) is 14.5. The first-order chi connectivity index (χ1) is 9.20. The fraction of sp³-hybridized carbons (Fsp3) is 0.286. The summed E-state index contributed by atoms with van der Waals surface area (Å²) in [5.41, 5.74) is 0. The van der Waals surface area contributed by atoms with Crippen LogP contribution < -0.4 is 5.32 Å². The van der Waals surface area contributed by atoms with E-state index in [1.807, 2.05) is 23.9 Å². The van der Waals surface area contributed by atoms with Crippen molar-refractivity contribution in [3.05, 3.63) is 50.1 Å². The van der Waals surface area contributed by atoms with Gasteiger partial charge in [0.15, 0.2) is 0 Å². The highest BCUT2D eigenvalue weighted by molar-refractivity contribution is 9.10. The molecule has 0 spiro atoms. The number of rotatable bonds is 6. The second kappa shape index (κ2) is 7.70. The molecular formula is C14H15BrClNS2. The van der Waals surface area contributed by atoms with Crippen LogP contribution >= 0.6 is 50.6 Å². The van der Waals surface area contributed by atoms with Gasteiger partial charge in [0.1, 0.15) is 0 Å². The summed E-state index contributed by atoms with van der Waals surface area (Å²) in [6, 6.07) is 10.5. The van der Waals surface area contributed by atoms with Crippen molar-refractivity contribution in [1.29, 1.82) is 0 Å². The van der Waals surface area contributed by atoms with Crippen LogP contribution in [0.15, 0.2) is 45.1 Å². The molecule has 0 amide bonds. The summed E-state index contributed by atoms with van der Waals surface area (Å²) in [6.45, 7) is 3.11. The third kappa shape index (κ3) is 4.50. The van der Waals surface area contributed by atoms with Crippen LogP contribution in [0.1, 0.15) is 17.8 Å². The lowest BCUT2D eigenvalue weighted by Gasteiger charge is -2.16. The largest absolute Gasteiger partial charge is 0.309 e. The van der Waals surface area contributed by atoms with E-state index in [9.17, 15) is 0 Å². The fourth-order valence-electron chi connectivity index (χ4n) is 1.74. The molecule has 102 valence electrons. The van der Waals surface area contributed by atoms with Crippen molar-refractivity contribution < 1.29 is 0 Å². The first kappa shape index (κ1) is 15.4. The van der Waals surface area contributed by atoms with E-state index in [0.717, 1.165) is 17.3 Å². The smallest absolute Gasteiger partial charge is 0.0521 e. The van der Waals surface area contributed by atoms with Gasteiger partial charge in [0.2, 0.25) is 0 Å². The van der Waals surface area contributed by atoms with Crippen LogP contribution in [-0.4, -0.2) is 12.3 Å². The molecule has 2 rings (SSSR count). The van der Waals surface area contributed by atoms with Crippen LogP contribution in [0, 0.1) is 0 Å². The Morgan fingerprint density at radius 3 is 2.63 bits per heavy atom. The van der Waals surface area contributed by atoms with E-state index >= 15 is 0 Å². The molecule has 1 heterocycles. The van der Waals surface area contributed by atoms with Crippen LogP contribution in [0.2, 0.25) is 5.02 Å². The summed E-state index contributed by atoms with van der Waals surface area (Å²) in [7, 11) is 0. The number of nitrogens with one attached hydrogen (secondary N) is 1. The molecule has 0 aliphatic carbocycles. The molecule has 0 fully saturated rings. The molecule has 1 atom stereocenters. The van der Waals surface area contributed by atoms with Gasteiger partial charge in [-0.2, -0.15) is 0 Å². The lowest BCUT2D eigenvalue weighted by Crippen LogP contribution is -2.22. The molecular weight excluding hydrogens is 362 g/mol. The molecule has 1 aromatic heterocycles. The van der Waals surface area contributed by atoms with Crippen molar-refractivity contribution in [2.45, 2.75) is 17.9 Å². The van der Waals surface area contributed by atoms with Gasteiger partial charge in [0.05, 0.1) is 6.04 Å². The second-order valence-electron chi connectivity index (χ2n) is 4.01. The van der Waals surface area contributed by atoms with Gasteiger partial charge in [-0.05, 0) is 58.2 Å². The minimum atomic E-state index is 0.375. The third-order valence-corrected chi connectivity index (χ3v) is 5.98. The van der Waals surface area contributed by atoms with Gasteiger partial charge >= 0.3 is 0 Å². The molecule has 0 aliphatic rings. The quantitative estimate of drug-likeness (QED) is 0.658. The van der Waals surface area contributed by atoms with E-state index in [-0.39, 0.29) is 0 Å². The summed E-state index contributed by atoms with van der Waals surface area (Å²) in [5, 5.41) is 6.45. The third-order valence-electron chi connectivity index (χ3n) is 2.64. The number of hydrogen-bond donors (Lipinski definition) is 1. The van der Waals surface area contributed by atoms with Crippen molar-refractivity contribution in [3.63, 3.8) is 0 Å². The van der Waals surface area contributed by atoms with Gasteiger partial charge < -0.3 is 5.32 Å². The maximum atomic E-state index is 5.90. The lowest BCUT2D eigenvalue weighted by molar-refractivity contribution is 0.613. The first-order valence-electron chi connectivity index (χ1n) is 6.05. The lowest BCUT2D eigenvalue weighted by atomic mass is 10.3. The number of thiophene rings is 1. The molecule has 0 bridgehead atoms. The molecule has 1 N–H and O–H groups in total. The molecule has 1 unspecified atom stereocenters. The summed E-state index contributed by atoms with van der Waals surface area (Å²) >= 11 is 13.2. The Kier molecular flexibility index (Phi) is 6.23. The van der Waals surface area contributed by atoms with Gasteiger partial charge in [-0.3, -0.25) is 0 Å². The van der Waals surface area contributed by atoms with E-state index in [2.05, 4.69) is 51.7 Å². The Balaban J connectivity index is 2.01. The minimum absolute atomic E-state index is 0.375. The Labute approximate surface area is 135 Å². The van der Waals surface area contributed by atoms with Crippen LogP contribution in [0.5, 0.6) is 0 Å². The van der Waals surface area contributed by atoms with E-state index in [4.69, 9.17) is 11.6 Å². The van der Waals surface area contributed by atoms with Crippen LogP contribution in [0.25, 0.3) is 0 Å². The molecule has 0 aliphatic heterocycles. The molecule has 5 heteroatoms. The molecule has 0 saturated heterocycles. The topological polar surface area (TPSA) is 12.0 Å². The molecule has 0 radical (unpaired) electrons. The Morgan fingerprint density at radius 2 is 2.05 bits per heavy atom. The van der Waals surface area contributed by atoms with Crippen molar-refractivity contribution in [2.24, 2.45) is 0 Å². The van der Waals surface area contributed by atoms with Crippen LogP contribution in [0.3, 0.4) is 0 Å². The van der Waals surface area contributed by atoms with E-state index in [1.54, 1.807) is 11.3 Å². The normalized spacial score (nSPS) is 12.6. The van der Waals surface area contributed by atoms with Crippen LogP contribution in [-0.2, 0) is 0 Å². The van der Waals surface area contributed by atoms with Crippen molar-refractivity contribution in [1.82, 2.24) is 5.32 Å². The predicted octanol–water partition coefficient (Wildman–Crippen LogP) is 5.61. The molecule has 0 saturated carbocycles. The molecule has 2 aromatic rings. The number of thioether (sulfide) groups is 1. The number of benzene rings is 1. The summed E-state index contributed by atoms with van der Waals surface area (Å²) in [4.78, 5) is 2.61. The van der Waals surface area contributed by atoms with Crippen molar-refractivity contribution >= 4 is 50.6 Å². The number of halogens is 2. The molecule has 1 aromatic carbocycles. The SMILES string of the molecule is CCNC(CSc1ccc(Cl)cc1)c1sccc1Br. The van der Waals surface area contributed by atoms with Crippen LogP contribution in [0.4, 0.5) is 0 Å². The zero-order chi connectivity index (χ0) is 13.7. The second-order valence-corrected chi connectivity index (χ2v) is 7.34. The zero-order valence-electron chi connectivity index (χ0n) is 10.5. The molecule has 19 heavy (non-hydrogen) atoms. The van der Waals surface area contributed by atoms with Gasteiger partial charge in [-0.25, -0.2) is 0 Å². The van der Waals surface area contributed by atoms with Crippen molar-refractivity contribution in [3.8, 4) is 0 Å². The highest BCUT2D eigenvalue weighted by atomic mass is 79.9. The summed E-state index contributed by atoms with van der Waals surface area (Å²) < 4.78 is 1.19. The van der Waals surface area contributed by atoms with Gasteiger partial charge in [0.25, 0.3) is 0 Å². The average Bonchev–Trinajstić information content (AvgIpc) is 2.83. The van der Waals surface area contributed by atoms with E-state index < -0.39 is 0 Å². The number of hydrogen-bond acceptors (Lipinski definition) is 3. The maximum Gasteiger partial charge on any atom is 0.0521 e. The van der Waals surface area contributed by atoms with Gasteiger partial charge in [-0.1, -0.05) is 18.5 Å². The Bertz CT molecular complexity index is 512. The van der Waals surface area contributed by atoms with Crippen molar-refractivity contribution in [2.75, 3.05) is 12.3 Å². The van der Waals surface area contributed by atoms with E-state index in [0.29, 0.717) is 6.04 Å². The Hall–Kier alpha value is -0.000000000000000111. The van der Waals surface area contributed by atoms with Gasteiger partial charge in [-0.15, -0.1) is 23.1 Å². The summed E-state index contributed by atoms with van der Waals surface area (Å²) in [6.07, 6.45) is 0. The maximum absolute atomic E-state index is 5.90. The standard InChI is InChI=1S/C14H15BrClNS2/c1-2-17-13(14-12(15)7-8-18-14)9-19-11-5-3-10(16)4-6-11/h3-8,13,17H,2,9H2,1H3. The summed E-state index contributed by atoms with van der Waals surface area (Å²) in [5.74, 6) is 1.01.